The number of aryl methyl sites for hydroxylation is 2. The number of hydrogen-bond donors (Lipinski definition) is 2. The molecule has 0 radical (unpaired) electrons. The van der Waals surface area contributed by atoms with Gasteiger partial charge in [0.05, 0.1) is 0 Å². The lowest BCUT2D eigenvalue weighted by atomic mass is 10.1. The van der Waals surface area contributed by atoms with Gasteiger partial charge in [-0.15, -0.1) is 0 Å². The molecule has 1 rings (SSSR count). The average molecular weight is 265 g/mol. The fourth-order valence-electron chi connectivity index (χ4n) is 1.96. The largest absolute Gasteiger partial charge is 0.479 e. The number of hydrogen-bond acceptors (Lipinski definition) is 3. The molecule has 0 aromatic heterocycles. The first kappa shape index (κ1) is 15.5. The number of nitrogens with one attached hydrogen (secondary N) is 1. The Balaban J connectivity index is 2.82. The first-order valence-corrected chi connectivity index (χ1v) is 6.66. The molecule has 0 bridgehead atoms. The zero-order chi connectivity index (χ0) is 14.4. The third-order valence-electron chi connectivity index (χ3n) is 2.92. The van der Waals surface area contributed by atoms with E-state index in [1.54, 1.807) is 0 Å². The van der Waals surface area contributed by atoms with Crippen LogP contribution in [0.25, 0.3) is 0 Å². The second-order valence-electron chi connectivity index (χ2n) is 4.83. The summed E-state index contributed by atoms with van der Waals surface area (Å²) < 4.78 is 5.50. The molecule has 4 heteroatoms. The minimum absolute atomic E-state index is 0.675. The van der Waals surface area contributed by atoms with Crippen LogP contribution in [0, 0.1) is 13.8 Å². The van der Waals surface area contributed by atoms with Crippen LogP contribution in [0.15, 0.2) is 12.1 Å². The van der Waals surface area contributed by atoms with Crippen LogP contribution in [0.2, 0.25) is 0 Å². The molecular formula is C15H23NO3. The molecular weight excluding hydrogens is 242 g/mol. The lowest BCUT2D eigenvalue weighted by Gasteiger charge is -2.16. The quantitative estimate of drug-likeness (QED) is 0.744. The number of carbonyl (C=O) groups is 1. The molecule has 1 aromatic rings. The Morgan fingerprint density at radius 3 is 2.42 bits per heavy atom. The molecule has 1 aromatic carbocycles. The minimum Gasteiger partial charge on any atom is -0.479 e. The van der Waals surface area contributed by atoms with Crippen molar-refractivity contribution >= 4 is 5.97 Å². The molecule has 0 amide bonds. The number of ether oxygens (including phenoxy) is 1. The standard InChI is InChI=1S/C15H23NO3/c1-5-6-16-9-13-7-10(2)14(11(3)8-13)19-12(4)15(17)18/h7-8,12,16H,5-6,9H2,1-4H3,(H,17,18). The molecule has 4 nitrogen and oxygen atoms in total. The van der Waals surface area contributed by atoms with Crippen LogP contribution in [0.1, 0.15) is 37.0 Å². The van der Waals surface area contributed by atoms with Crippen molar-refractivity contribution in [2.75, 3.05) is 6.54 Å². The summed E-state index contributed by atoms with van der Waals surface area (Å²) in [4.78, 5) is 10.8. The number of aliphatic carboxylic acids is 1. The van der Waals surface area contributed by atoms with E-state index in [1.165, 1.54) is 12.5 Å². The van der Waals surface area contributed by atoms with Gasteiger partial charge in [-0.05, 0) is 50.4 Å². The third-order valence-corrected chi connectivity index (χ3v) is 2.92. The van der Waals surface area contributed by atoms with Crippen LogP contribution in [0.4, 0.5) is 0 Å². The Labute approximate surface area is 114 Å². The number of rotatable bonds is 7. The van der Waals surface area contributed by atoms with Crippen molar-refractivity contribution in [1.82, 2.24) is 5.32 Å². The van der Waals surface area contributed by atoms with Crippen LogP contribution >= 0.6 is 0 Å². The topological polar surface area (TPSA) is 58.6 Å². The van der Waals surface area contributed by atoms with Gasteiger partial charge in [-0.2, -0.15) is 0 Å². The van der Waals surface area contributed by atoms with Crippen molar-refractivity contribution in [3.63, 3.8) is 0 Å². The van der Waals surface area contributed by atoms with Crippen molar-refractivity contribution in [2.45, 2.75) is 46.8 Å². The molecule has 2 N–H and O–H groups in total. The van der Waals surface area contributed by atoms with E-state index in [9.17, 15) is 4.79 Å². The summed E-state index contributed by atoms with van der Waals surface area (Å²) in [5.74, 6) is -0.276. The minimum atomic E-state index is -0.951. The molecule has 19 heavy (non-hydrogen) atoms. The van der Waals surface area contributed by atoms with Gasteiger partial charge in [0.2, 0.25) is 0 Å². The van der Waals surface area contributed by atoms with Gasteiger partial charge in [0.15, 0.2) is 6.10 Å². The highest BCUT2D eigenvalue weighted by atomic mass is 16.5. The van der Waals surface area contributed by atoms with Gasteiger partial charge in [-0.3, -0.25) is 0 Å². The fraction of sp³-hybridized carbons (Fsp3) is 0.533. The fourth-order valence-corrected chi connectivity index (χ4v) is 1.96. The Morgan fingerprint density at radius 1 is 1.37 bits per heavy atom. The summed E-state index contributed by atoms with van der Waals surface area (Å²) in [6.07, 6.45) is 0.274. The predicted octanol–water partition coefficient (Wildman–Crippen LogP) is 2.65. The first-order valence-electron chi connectivity index (χ1n) is 6.66. The molecule has 1 atom stereocenters. The number of carboxylic acids is 1. The molecule has 0 aliphatic carbocycles. The van der Waals surface area contributed by atoms with Crippen LogP contribution in [-0.2, 0) is 11.3 Å². The summed E-state index contributed by atoms with van der Waals surface area (Å²) in [5.41, 5.74) is 3.14. The lowest BCUT2D eigenvalue weighted by molar-refractivity contribution is -0.144. The van der Waals surface area contributed by atoms with Crippen molar-refractivity contribution in [2.24, 2.45) is 0 Å². The van der Waals surface area contributed by atoms with Crippen molar-refractivity contribution in [3.8, 4) is 5.75 Å². The molecule has 0 spiro atoms. The van der Waals surface area contributed by atoms with E-state index < -0.39 is 12.1 Å². The van der Waals surface area contributed by atoms with E-state index in [-0.39, 0.29) is 0 Å². The summed E-state index contributed by atoms with van der Waals surface area (Å²) in [6, 6.07) is 4.08. The SMILES string of the molecule is CCCNCc1cc(C)c(OC(C)C(=O)O)c(C)c1. The lowest BCUT2D eigenvalue weighted by Crippen LogP contribution is -2.23. The maximum absolute atomic E-state index is 10.8. The van der Waals surface area contributed by atoms with E-state index in [1.807, 2.05) is 26.0 Å². The molecule has 1 unspecified atom stereocenters. The second-order valence-corrected chi connectivity index (χ2v) is 4.83. The highest BCUT2D eigenvalue weighted by Gasteiger charge is 2.15. The smallest absolute Gasteiger partial charge is 0.344 e. The second kappa shape index (κ2) is 7.14. The molecule has 0 aliphatic heterocycles. The van der Waals surface area contributed by atoms with Gasteiger partial charge in [-0.1, -0.05) is 19.1 Å². The Kier molecular flexibility index (Phi) is 5.83. The zero-order valence-electron chi connectivity index (χ0n) is 12.1. The van der Waals surface area contributed by atoms with Gasteiger partial charge < -0.3 is 15.2 Å². The van der Waals surface area contributed by atoms with Gasteiger partial charge >= 0.3 is 5.97 Å². The van der Waals surface area contributed by atoms with Crippen molar-refractivity contribution in [3.05, 3.63) is 28.8 Å². The maximum Gasteiger partial charge on any atom is 0.344 e. The molecule has 106 valence electrons. The average Bonchev–Trinajstić information content (AvgIpc) is 2.33. The third kappa shape index (κ3) is 4.56. The zero-order valence-corrected chi connectivity index (χ0v) is 12.1. The summed E-state index contributed by atoms with van der Waals surface area (Å²) in [6.45, 7) is 9.38. The van der Waals surface area contributed by atoms with E-state index in [2.05, 4.69) is 12.2 Å². The van der Waals surface area contributed by atoms with E-state index in [0.29, 0.717) is 5.75 Å². The van der Waals surface area contributed by atoms with Crippen LogP contribution in [-0.4, -0.2) is 23.7 Å². The number of carboxylic acid groups (broad SMARTS) is 1. The van der Waals surface area contributed by atoms with Crippen LogP contribution in [0.3, 0.4) is 0 Å². The Bertz CT molecular complexity index is 420. The van der Waals surface area contributed by atoms with Crippen LogP contribution in [0.5, 0.6) is 5.75 Å². The molecule has 0 fully saturated rings. The van der Waals surface area contributed by atoms with Crippen LogP contribution < -0.4 is 10.1 Å². The number of benzene rings is 1. The van der Waals surface area contributed by atoms with E-state index >= 15 is 0 Å². The Hall–Kier alpha value is -1.55. The van der Waals surface area contributed by atoms with E-state index in [4.69, 9.17) is 9.84 Å². The normalized spacial score (nSPS) is 12.2. The highest BCUT2D eigenvalue weighted by molar-refractivity contribution is 5.72. The van der Waals surface area contributed by atoms with E-state index in [0.717, 1.165) is 30.6 Å². The first-order chi connectivity index (χ1) is 8.95. The predicted molar refractivity (Wildman–Crippen MR) is 75.6 cm³/mol. The van der Waals surface area contributed by atoms with Crippen molar-refractivity contribution in [1.29, 1.82) is 0 Å². The van der Waals surface area contributed by atoms with Crippen molar-refractivity contribution < 1.29 is 14.6 Å². The van der Waals surface area contributed by atoms with Gasteiger partial charge in [0.1, 0.15) is 5.75 Å². The summed E-state index contributed by atoms with van der Waals surface area (Å²) in [5, 5.41) is 12.2. The molecule has 0 saturated carbocycles. The Morgan fingerprint density at radius 2 is 1.95 bits per heavy atom. The molecule has 0 aliphatic rings. The van der Waals surface area contributed by atoms with Gasteiger partial charge in [0.25, 0.3) is 0 Å². The summed E-state index contributed by atoms with van der Waals surface area (Å²) in [7, 11) is 0. The van der Waals surface area contributed by atoms with Gasteiger partial charge in [0, 0.05) is 6.54 Å². The maximum atomic E-state index is 10.8. The highest BCUT2D eigenvalue weighted by Crippen LogP contribution is 2.26. The molecule has 0 heterocycles. The monoisotopic (exact) mass is 265 g/mol. The summed E-state index contributed by atoms with van der Waals surface area (Å²) >= 11 is 0. The van der Waals surface area contributed by atoms with Gasteiger partial charge in [-0.25, -0.2) is 4.79 Å². The molecule has 0 saturated heterocycles.